The Morgan fingerprint density at radius 2 is 1.72 bits per heavy atom. The van der Waals surface area contributed by atoms with Gasteiger partial charge in [-0.05, 0) is 54.4 Å². The van der Waals surface area contributed by atoms with Crippen LogP contribution in [0.1, 0.15) is 51.5 Å². The zero-order chi connectivity index (χ0) is 28.4. The molecular weight excluding hydrogens is 500 g/mol. The van der Waals surface area contributed by atoms with Gasteiger partial charge in [0.2, 0.25) is 17.7 Å². The van der Waals surface area contributed by atoms with E-state index in [-0.39, 0.29) is 36.8 Å². The number of fused-ring (bicyclic) bond motifs is 1. The Hall–Kier alpha value is -3.66. The van der Waals surface area contributed by atoms with Crippen LogP contribution in [0.15, 0.2) is 42.5 Å². The highest BCUT2D eigenvalue weighted by molar-refractivity contribution is 5.92. The monoisotopic (exact) mass is 540 g/mol. The SMILES string of the molecule is CC(C)C[C@H](NC(=O)[C@H](Cc1cccc2ccccc12)NC(=O)O)C(=O)N[C@H](CCCO)C[C@@H]1CCNC1=O. The van der Waals surface area contributed by atoms with Crippen LogP contribution < -0.4 is 21.3 Å². The highest BCUT2D eigenvalue weighted by Gasteiger charge is 2.31. The Balaban J connectivity index is 1.75. The van der Waals surface area contributed by atoms with Crippen LogP contribution >= 0.6 is 0 Å². The van der Waals surface area contributed by atoms with Crippen LogP contribution in [-0.4, -0.2) is 65.3 Å². The molecule has 10 nitrogen and oxygen atoms in total. The molecule has 0 unspecified atom stereocenters. The van der Waals surface area contributed by atoms with Crippen LogP contribution in [0.5, 0.6) is 0 Å². The van der Waals surface area contributed by atoms with E-state index in [9.17, 15) is 29.4 Å². The summed E-state index contributed by atoms with van der Waals surface area (Å²) in [4.78, 5) is 50.5. The standard InChI is InChI=1S/C29H40N4O6/c1-18(2)15-24(27(36)31-22(10-6-14-34)16-21-12-13-30-26(21)35)32-28(37)25(33-29(38)39)17-20-9-5-8-19-7-3-4-11-23(19)20/h3-5,7-9,11,18,21-22,24-25,33-34H,6,10,12-17H2,1-2H3,(H,30,35)(H,31,36)(H,32,37)(H,38,39)/t21-,22+,24-,25-/m0/s1. The number of carbonyl (C=O) groups excluding carboxylic acids is 3. The van der Waals surface area contributed by atoms with Gasteiger partial charge in [0.25, 0.3) is 0 Å². The Labute approximate surface area is 228 Å². The molecule has 6 N–H and O–H groups in total. The Morgan fingerprint density at radius 1 is 1.00 bits per heavy atom. The van der Waals surface area contributed by atoms with E-state index in [4.69, 9.17) is 0 Å². The second-order valence-corrected chi connectivity index (χ2v) is 10.6. The number of aliphatic hydroxyl groups excluding tert-OH is 1. The maximum Gasteiger partial charge on any atom is 0.405 e. The van der Waals surface area contributed by atoms with Gasteiger partial charge in [-0.2, -0.15) is 0 Å². The largest absolute Gasteiger partial charge is 0.465 e. The van der Waals surface area contributed by atoms with E-state index in [1.807, 2.05) is 56.3 Å². The lowest BCUT2D eigenvalue weighted by atomic mass is 9.94. The fraction of sp³-hybridized carbons (Fsp3) is 0.517. The van der Waals surface area contributed by atoms with E-state index in [1.54, 1.807) is 0 Å². The Kier molecular flexibility index (Phi) is 11.1. The molecule has 3 rings (SSSR count). The molecule has 2 aromatic carbocycles. The number of amides is 4. The minimum atomic E-state index is -1.33. The Bertz CT molecular complexity index is 1150. The molecule has 0 spiro atoms. The van der Waals surface area contributed by atoms with Gasteiger partial charge < -0.3 is 31.5 Å². The second kappa shape index (κ2) is 14.5. The molecule has 1 fully saturated rings. The molecule has 2 aromatic rings. The number of carbonyl (C=O) groups is 4. The number of aliphatic hydroxyl groups is 1. The maximum absolute atomic E-state index is 13.4. The molecule has 212 valence electrons. The first-order chi connectivity index (χ1) is 18.7. The summed E-state index contributed by atoms with van der Waals surface area (Å²) in [6.45, 7) is 4.43. The van der Waals surface area contributed by atoms with E-state index in [0.29, 0.717) is 38.6 Å². The first-order valence-corrected chi connectivity index (χ1v) is 13.6. The first kappa shape index (κ1) is 29.9. The molecule has 0 aromatic heterocycles. The van der Waals surface area contributed by atoms with Crippen molar-refractivity contribution in [3.63, 3.8) is 0 Å². The summed E-state index contributed by atoms with van der Waals surface area (Å²) >= 11 is 0. The van der Waals surface area contributed by atoms with Gasteiger partial charge >= 0.3 is 6.09 Å². The molecule has 0 saturated carbocycles. The number of carboxylic acid groups (broad SMARTS) is 1. The third kappa shape index (κ3) is 8.95. The van der Waals surface area contributed by atoms with Crippen molar-refractivity contribution < 1.29 is 29.4 Å². The molecule has 1 heterocycles. The van der Waals surface area contributed by atoms with Crippen LogP contribution in [0.3, 0.4) is 0 Å². The highest BCUT2D eigenvalue weighted by atomic mass is 16.4. The lowest BCUT2D eigenvalue weighted by Gasteiger charge is -2.27. The second-order valence-electron chi connectivity index (χ2n) is 10.6. The normalized spacial score (nSPS) is 17.3. The topological polar surface area (TPSA) is 157 Å². The summed E-state index contributed by atoms with van der Waals surface area (Å²) < 4.78 is 0. The molecule has 4 amide bonds. The number of rotatable bonds is 14. The van der Waals surface area contributed by atoms with Crippen molar-refractivity contribution >= 4 is 34.6 Å². The van der Waals surface area contributed by atoms with Crippen molar-refractivity contribution in [2.75, 3.05) is 13.2 Å². The van der Waals surface area contributed by atoms with E-state index in [1.165, 1.54) is 0 Å². The van der Waals surface area contributed by atoms with Crippen molar-refractivity contribution in [1.82, 2.24) is 21.3 Å². The summed E-state index contributed by atoms with van der Waals surface area (Å²) in [7, 11) is 0. The summed E-state index contributed by atoms with van der Waals surface area (Å²) in [6, 6.07) is 11.0. The predicted molar refractivity (Wildman–Crippen MR) is 148 cm³/mol. The molecule has 0 aliphatic carbocycles. The zero-order valence-electron chi connectivity index (χ0n) is 22.6. The van der Waals surface area contributed by atoms with Gasteiger partial charge in [-0.15, -0.1) is 0 Å². The summed E-state index contributed by atoms with van der Waals surface area (Å²) in [5, 5.41) is 31.6. The minimum absolute atomic E-state index is 0.0356. The van der Waals surface area contributed by atoms with Crippen LogP contribution in [0.2, 0.25) is 0 Å². The first-order valence-electron chi connectivity index (χ1n) is 13.6. The minimum Gasteiger partial charge on any atom is -0.465 e. The van der Waals surface area contributed by atoms with Gasteiger partial charge in [-0.3, -0.25) is 14.4 Å². The van der Waals surface area contributed by atoms with E-state index in [0.717, 1.165) is 16.3 Å². The van der Waals surface area contributed by atoms with Gasteiger partial charge in [-0.1, -0.05) is 56.3 Å². The van der Waals surface area contributed by atoms with Gasteiger partial charge in [0.15, 0.2) is 0 Å². The molecule has 0 radical (unpaired) electrons. The van der Waals surface area contributed by atoms with Crippen molar-refractivity contribution in [1.29, 1.82) is 0 Å². The third-order valence-electron chi connectivity index (χ3n) is 7.05. The molecule has 1 aliphatic rings. The fourth-order valence-corrected chi connectivity index (χ4v) is 5.13. The average molecular weight is 541 g/mol. The lowest BCUT2D eigenvalue weighted by Crippen LogP contribution is -2.55. The number of hydrogen-bond donors (Lipinski definition) is 6. The Morgan fingerprint density at radius 3 is 2.38 bits per heavy atom. The summed E-state index contributed by atoms with van der Waals surface area (Å²) in [5.41, 5.74) is 0.811. The molecule has 39 heavy (non-hydrogen) atoms. The van der Waals surface area contributed by atoms with Gasteiger partial charge in [-0.25, -0.2) is 4.79 Å². The van der Waals surface area contributed by atoms with Crippen LogP contribution in [0.4, 0.5) is 4.79 Å². The summed E-state index contributed by atoms with van der Waals surface area (Å²) in [6.07, 6.45) is 1.24. The quantitative estimate of drug-likeness (QED) is 0.216. The highest BCUT2D eigenvalue weighted by Crippen LogP contribution is 2.21. The van der Waals surface area contributed by atoms with Crippen molar-refractivity contribution in [2.45, 2.75) is 70.5 Å². The average Bonchev–Trinajstić information content (AvgIpc) is 3.30. The van der Waals surface area contributed by atoms with Gasteiger partial charge in [0, 0.05) is 31.5 Å². The number of benzene rings is 2. The third-order valence-corrected chi connectivity index (χ3v) is 7.05. The van der Waals surface area contributed by atoms with Crippen LogP contribution in [0, 0.1) is 11.8 Å². The molecular formula is C29H40N4O6. The molecule has 1 saturated heterocycles. The fourth-order valence-electron chi connectivity index (χ4n) is 5.13. The van der Waals surface area contributed by atoms with E-state index < -0.39 is 30.0 Å². The maximum atomic E-state index is 13.4. The van der Waals surface area contributed by atoms with Crippen molar-refractivity contribution in [2.24, 2.45) is 11.8 Å². The molecule has 10 heteroatoms. The number of hydrogen-bond acceptors (Lipinski definition) is 5. The number of nitrogens with one attached hydrogen (secondary N) is 4. The molecule has 0 bridgehead atoms. The van der Waals surface area contributed by atoms with Gasteiger partial charge in [0.1, 0.15) is 12.1 Å². The van der Waals surface area contributed by atoms with E-state index >= 15 is 0 Å². The predicted octanol–water partition coefficient (Wildman–Crippen LogP) is 2.33. The van der Waals surface area contributed by atoms with E-state index in [2.05, 4.69) is 21.3 Å². The van der Waals surface area contributed by atoms with Crippen LogP contribution in [-0.2, 0) is 20.8 Å². The lowest BCUT2D eigenvalue weighted by molar-refractivity contribution is -0.131. The van der Waals surface area contributed by atoms with Crippen molar-refractivity contribution in [3.05, 3.63) is 48.0 Å². The zero-order valence-corrected chi connectivity index (χ0v) is 22.6. The molecule has 4 atom stereocenters. The summed E-state index contributed by atoms with van der Waals surface area (Å²) in [5.74, 6) is -1.16. The van der Waals surface area contributed by atoms with Gasteiger partial charge in [0.05, 0.1) is 0 Å². The van der Waals surface area contributed by atoms with Crippen LogP contribution in [0.25, 0.3) is 10.8 Å². The van der Waals surface area contributed by atoms with Crippen molar-refractivity contribution in [3.8, 4) is 0 Å². The molecule has 1 aliphatic heterocycles. The smallest absolute Gasteiger partial charge is 0.405 e.